The Bertz CT molecular complexity index is 679. The second kappa shape index (κ2) is 4.98. The zero-order valence-corrected chi connectivity index (χ0v) is 10.6. The van der Waals surface area contributed by atoms with Crippen LogP contribution in [-0.4, -0.2) is 48.1 Å². The molecule has 0 saturated carbocycles. The van der Waals surface area contributed by atoms with Crippen LogP contribution in [0.3, 0.4) is 0 Å². The largest absolute Gasteiger partial charge is 0.394 e. The van der Waals surface area contributed by atoms with Gasteiger partial charge >= 0.3 is 5.69 Å². The molecule has 1 fully saturated rings. The summed E-state index contributed by atoms with van der Waals surface area (Å²) < 4.78 is 8.08. The molecule has 2 aromatic rings. The smallest absolute Gasteiger partial charge is 0.336 e. The van der Waals surface area contributed by atoms with Crippen molar-refractivity contribution in [2.24, 2.45) is 0 Å². The van der Waals surface area contributed by atoms with Crippen molar-refractivity contribution in [3.8, 4) is 0 Å². The van der Waals surface area contributed by atoms with Crippen molar-refractivity contribution in [3.63, 3.8) is 0 Å². The first kappa shape index (κ1) is 13.3. The Balaban J connectivity index is 2.05. The molecule has 108 valence electrons. The first-order valence-electron chi connectivity index (χ1n) is 6.28. The molecule has 3 rings (SSSR count). The van der Waals surface area contributed by atoms with Crippen LogP contribution >= 0.6 is 0 Å². The molecule has 3 heterocycles. The minimum atomic E-state index is -0.812. The van der Waals surface area contributed by atoms with Crippen LogP contribution in [0.4, 0.5) is 0 Å². The van der Waals surface area contributed by atoms with E-state index < -0.39 is 24.1 Å². The fourth-order valence-electron chi connectivity index (χ4n) is 2.45. The van der Waals surface area contributed by atoms with Crippen molar-refractivity contribution in [3.05, 3.63) is 34.6 Å². The third-order valence-electron chi connectivity index (χ3n) is 3.51. The van der Waals surface area contributed by atoms with Crippen LogP contribution in [0, 0.1) is 0 Å². The van der Waals surface area contributed by atoms with Crippen LogP contribution in [0.2, 0.25) is 0 Å². The van der Waals surface area contributed by atoms with Gasteiger partial charge in [0.1, 0.15) is 18.0 Å². The van der Waals surface area contributed by atoms with Gasteiger partial charge in [0, 0.05) is 12.6 Å². The second-order valence-corrected chi connectivity index (χ2v) is 4.72. The van der Waals surface area contributed by atoms with E-state index >= 15 is 0 Å². The van der Waals surface area contributed by atoms with E-state index in [0.29, 0.717) is 11.3 Å². The maximum Gasteiger partial charge on any atom is 0.336 e. The van der Waals surface area contributed by atoms with Gasteiger partial charge < -0.3 is 20.1 Å². The number of aromatic nitrogens is 3. The number of hydrogen-bond donors (Lipinski definition) is 3. The number of aliphatic hydroxyl groups excluding tert-OH is 3. The number of fused-ring (bicyclic) bond motifs is 1. The molecule has 3 atom stereocenters. The third kappa shape index (κ3) is 1.93. The summed E-state index contributed by atoms with van der Waals surface area (Å²) >= 11 is 0. The second-order valence-electron chi connectivity index (χ2n) is 4.72. The van der Waals surface area contributed by atoms with Gasteiger partial charge in [0.2, 0.25) is 0 Å². The van der Waals surface area contributed by atoms with Crippen molar-refractivity contribution >= 4 is 5.65 Å². The monoisotopic (exact) mass is 281 g/mol. The molecule has 0 aromatic carbocycles. The Morgan fingerprint density at radius 1 is 1.45 bits per heavy atom. The van der Waals surface area contributed by atoms with Crippen molar-refractivity contribution < 1.29 is 20.1 Å². The van der Waals surface area contributed by atoms with Gasteiger partial charge in [-0.3, -0.25) is 4.57 Å². The van der Waals surface area contributed by atoms with Gasteiger partial charge in [-0.05, 0) is 6.07 Å². The summed E-state index contributed by atoms with van der Waals surface area (Å²) in [6.07, 6.45) is 1.04. The van der Waals surface area contributed by atoms with Gasteiger partial charge in [0.25, 0.3) is 0 Å². The fraction of sp³-hybridized carbons (Fsp3) is 0.500. The van der Waals surface area contributed by atoms with Crippen molar-refractivity contribution in [2.75, 3.05) is 6.61 Å². The van der Waals surface area contributed by atoms with Gasteiger partial charge in [-0.15, -0.1) is 0 Å². The molecule has 2 aromatic heterocycles. The minimum Gasteiger partial charge on any atom is -0.394 e. The Labute approximate surface area is 113 Å². The van der Waals surface area contributed by atoms with Crippen LogP contribution in [0.25, 0.3) is 5.65 Å². The van der Waals surface area contributed by atoms with Gasteiger partial charge in [-0.2, -0.15) is 0 Å². The summed E-state index contributed by atoms with van der Waals surface area (Å²) in [4.78, 5) is 16.4. The molecule has 1 aliphatic rings. The van der Waals surface area contributed by atoms with Crippen LogP contribution in [-0.2, 0) is 11.3 Å². The highest BCUT2D eigenvalue weighted by Gasteiger charge is 2.35. The van der Waals surface area contributed by atoms with Crippen LogP contribution < -0.4 is 5.69 Å². The summed E-state index contributed by atoms with van der Waals surface area (Å²) in [5.74, 6) is 0. The van der Waals surface area contributed by atoms with Gasteiger partial charge in [0.15, 0.2) is 0 Å². The molecule has 0 aliphatic carbocycles. The Kier molecular flexibility index (Phi) is 3.30. The number of ether oxygens (including phenoxy) is 1. The van der Waals surface area contributed by atoms with E-state index in [1.54, 1.807) is 6.07 Å². The molecule has 0 radical (unpaired) electrons. The normalized spacial score (nSPS) is 26.4. The fourth-order valence-corrected chi connectivity index (χ4v) is 2.45. The van der Waals surface area contributed by atoms with Gasteiger partial charge in [0.05, 0.1) is 31.2 Å². The van der Waals surface area contributed by atoms with Crippen LogP contribution in [0.15, 0.2) is 23.3 Å². The molecule has 3 N–H and O–H groups in total. The average Bonchev–Trinajstić information content (AvgIpc) is 3.02. The van der Waals surface area contributed by atoms with E-state index in [2.05, 4.69) is 4.98 Å². The lowest BCUT2D eigenvalue weighted by Gasteiger charge is -2.15. The maximum absolute atomic E-state index is 12.4. The molecule has 0 unspecified atom stereocenters. The van der Waals surface area contributed by atoms with E-state index in [-0.39, 0.29) is 19.6 Å². The first-order chi connectivity index (χ1) is 9.65. The Morgan fingerprint density at radius 2 is 2.25 bits per heavy atom. The number of hydrogen-bond acceptors (Lipinski definition) is 6. The lowest BCUT2D eigenvalue weighted by atomic mass is 10.2. The summed E-state index contributed by atoms with van der Waals surface area (Å²) in [7, 11) is 0. The molecule has 1 aliphatic heterocycles. The number of imidazole rings is 1. The molecule has 20 heavy (non-hydrogen) atoms. The summed E-state index contributed by atoms with van der Waals surface area (Å²) in [5.41, 5.74) is 0.420. The average molecular weight is 281 g/mol. The predicted molar refractivity (Wildman–Crippen MR) is 67.0 cm³/mol. The number of nitrogens with zero attached hydrogens (tertiary/aromatic N) is 3. The molecule has 0 bridgehead atoms. The molecule has 8 heteroatoms. The summed E-state index contributed by atoms with van der Waals surface area (Å²) in [6.45, 7) is -0.602. The molecular weight excluding hydrogens is 266 g/mol. The van der Waals surface area contributed by atoms with Crippen LogP contribution in [0.5, 0.6) is 0 Å². The SMILES string of the molecule is O=c1n([C@H]2C[C@H](O)[C@@H](CO)O2)ccc2ncc(CO)n12. The highest BCUT2D eigenvalue weighted by Crippen LogP contribution is 2.27. The van der Waals surface area contributed by atoms with E-state index in [1.165, 1.54) is 21.4 Å². The number of aliphatic hydroxyl groups is 3. The zero-order chi connectivity index (χ0) is 14.3. The highest BCUT2D eigenvalue weighted by molar-refractivity contribution is 5.38. The van der Waals surface area contributed by atoms with E-state index in [0.717, 1.165) is 0 Å². The Hall–Kier alpha value is -1.74. The quantitative estimate of drug-likeness (QED) is 0.640. The number of rotatable bonds is 3. The molecule has 0 spiro atoms. The van der Waals surface area contributed by atoms with Crippen LogP contribution in [0.1, 0.15) is 18.3 Å². The minimum absolute atomic E-state index is 0.222. The van der Waals surface area contributed by atoms with Crippen molar-refractivity contribution in [2.45, 2.75) is 31.5 Å². The topological polar surface area (TPSA) is 109 Å². The Morgan fingerprint density at radius 3 is 2.90 bits per heavy atom. The van der Waals surface area contributed by atoms with Gasteiger partial charge in [-0.1, -0.05) is 0 Å². The zero-order valence-electron chi connectivity index (χ0n) is 10.6. The maximum atomic E-state index is 12.4. The molecule has 1 saturated heterocycles. The van der Waals surface area contributed by atoms with Crippen molar-refractivity contribution in [1.82, 2.24) is 14.0 Å². The van der Waals surface area contributed by atoms with Crippen molar-refractivity contribution in [1.29, 1.82) is 0 Å². The summed E-state index contributed by atoms with van der Waals surface area (Å²) in [5, 5.41) is 28.0. The molecule has 0 amide bonds. The predicted octanol–water partition coefficient (Wildman–Crippen LogP) is -1.37. The lowest BCUT2D eigenvalue weighted by molar-refractivity contribution is -0.0459. The van der Waals surface area contributed by atoms with E-state index in [9.17, 15) is 15.0 Å². The standard InChI is InChI=1S/C12H15N3O5/c16-5-7-4-13-10-1-2-14(12(19)15(7)10)11-3-8(18)9(6-17)20-11/h1-2,4,8-9,11,16-18H,3,5-6H2/t8-,9+,11+/m0/s1. The van der Waals surface area contributed by atoms with E-state index in [1.807, 2.05) is 0 Å². The molecular formula is C12H15N3O5. The van der Waals surface area contributed by atoms with Gasteiger partial charge in [-0.25, -0.2) is 14.2 Å². The first-order valence-corrected chi connectivity index (χ1v) is 6.28. The lowest BCUT2D eigenvalue weighted by Crippen LogP contribution is -2.30. The summed E-state index contributed by atoms with van der Waals surface area (Å²) in [6, 6.07) is 1.63. The molecule has 8 nitrogen and oxygen atoms in total. The van der Waals surface area contributed by atoms with E-state index in [4.69, 9.17) is 9.84 Å². The highest BCUT2D eigenvalue weighted by atomic mass is 16.5. The third-order valence-corrected chi connectivity index (χ3v) is 3.51.